The number of halogens is 1. The molecule has 170 valence electrons. The van der Waals surface area contributed by atoms with Crippen molar-refractivity contribution in [1.82, 2.24) is 30.2 Å². The molecule has 1 aliphatic heterocycles. The predicted octanol–water partition coefficient (Wildman–Crippen LogP) is 2.85. The maximum atomic E-state index is 14.4. The third-order valence-corrected chi connectivity index (χ3v) is 5.37. The highest BCUT2D eigenvalue weighted by molar-refractivity contribution is 5.82. The molecule has 33 heavy (non-hydrogen) atoms. The van der Waals surface area contributed by atoms with Crippen molar-refractivity contribution in [3.05, 3.63) is 48.5 Å². The summed E-state index contributed by atoms with van der Waals surface area (Å²) in [6.45, 7) is 3.82. The summed E-state index contributed by atoms with van der Waals surface area (Å²) in [4.78, 5) is 24.7. The van der Waals surface area contributed by atoms with E-state index in [-0.39, 0.29) is 11.8 Å². The lowest BCUT2D eigenvalue weighted by molar-refractivity contribution is 0.589. The first-order valence-electron chi connectivity index (χ1n) is 10.7. The van der Waals surface area contributed by atoms with Crippen LogP contribution in [-0.2, 0) is 0 Å². The van der Waals surface area contributed by atoms with Gasteiger partial charge in [-0.25, -0.2) is 19.3 Å². The minimum atomic E-state index is -0.554. The van der Waals surface area contributed by atoms with Gasteiger partial charge in [-0.3, -0.25) is 0 Å². The Bertz CT molecular complexity index is 1250. The third-order valence-electron chi connectivity index (χ3n) is 5.37. The average molecular weight is 449 g/mol. The van der Waals surface area contributed by atoms with Gasteiger partial charge in [-0.2, -0.15) is 4.98 Å². The van der Waals surface area contributed by atoms with Crippen LogP contribution in [0.25, 0.3) is 11.0 Å². The summed E-state index contributed by atoms with van der Waals surface area (Å²) in [7, 11) is 3.82. The number of H-pyrrole nitrogens is 1. The number of nitrogens with zero attached hydrogens (tertiary/aromatic N) is 6. The zero-order valence-electron chi connectivity index (χ0n) is 18.4. The van der Waals surface area contributed by atoms with Gasteiger partial charge in [0.15, 0.2) is 11.6 Å². The molecule has 11 heteroatoms. The Kier molecular flexibility index (Phi) is 5.61. The van der Waals surface area contributed by atoms with Crippen LogP contribution in [0.4, 0.5) is 39.3 Å². The molecule has 0 unspecified atom stereocenters. The van der Waals surface area contributed by atoms with Crippen LogP contribution in [0.2, 0.25) is 0 Å². The summed E-state index contributed by atoms with van der Waals surface area (Å²) in [6.07, 6.45) is 2.95. The molecule has 0 saturated carbocycles. The van der Waals surface area contributed by atoms with E-state index in [1.54, 1.807) is 0 Å². The normalized spacial score (nSPS) is 13.8. The number of aromatic nitrogens is 5. The second-order valence-electron chi connectivity index (χ2n) is 7.97. The number of rotatable bonds is 6. The van der Waals surface area contributed by atoms with Crippen molar-refractivity contribution in [3.8, 4) is 0 Å². The molecule has 4 heterocycles. The Labute approximate surface area is 190 Å². The first kappa shape index (κ1) is 20.9. The van der Waals surface area contributed by atoms with Gasteiger partial charge in [-0.1, -0.05) is 0 Å². The van der Waals surface area contributed by atoms with E-state index < -0.39 is 5.82 Å². The van der Waals surface area contributed by atoms with Crippen LogP contribution in [0.3, 0.4) is 0 Å². The highest BCUT2D eigenvalue weighted by atomic mass is 19.1. The van der Waals surface area contributed by atoms with Gasteiger partial charge < -0.3 is 30.7 Å². The molecule has 0 radical (unpaired) electrons. The van der Waals surface area contributed by atoms with Crippen molar-refractivity contribution in [2.24, 2.45) is 0 Å². The maximum Gasteiger partial charge on any atom is 0.230 e. The van der Waals surface area contributed by atoms with E-state index >= 15 is 0 Å². The first-order valence-corrected chi connectivity index (χ1v) is 10.7. The number of benzene rings is 1. The van der Waals surface area contributed by atoms with E-state index in [4.69, 9.17) is 0 Å². The Hall–Kier alpha value is -3.99. The van der Waals surface area contributed by atoms with Gasteiger partial charge in [-0.15, -0.1) is 0 Å². The number of nitrogens with one attached hydrogen (secondary N) is 4. The van der Waals surface area contributed by atoms with Crippen molar-refractivity contribution in [3.63, 3.8) is 0 Å². The lowest BCUT2D eigenvalue weighted by atomic mass is 10.3. The van der Waals surface area contributed by atoms with Gasteiger partial charge in [0.05, 0.1) is 29.1 Å². The molecule has 3 aromatic heterocycles. The topological polar surface area (TPSA) is 110 Å². The van der Waals surface area contributed by atoms with Crippen molar-refractivity contribution >= 4 is 45.9 Å². The van der Waals surface area contributed by atoms with Crippen molar-refractivity contribution < 1.29 is 4.39 Å². The fraction of sp³-hybridized carbons (Fsp3) is 0.273. The van der Waals surface area contributed by atoms with E-state index in [1.165, 1.54) is 0 Å². The lowest BCUT2D eigenvalue weighted by Gasteiger charge is -2.29. The Morgan fingerprint density at radius 1 is 1.00 bits per heavy atom. The number of pyridine rings is 1. The van der Waals surface area contributed by atoms with Crippen LogP contribution >= 0.6 is 0 Å². The molecule has 0 amide bonds. The fourth-order valence-electron chi connectivity index (χ4n) is 3.62. The molecule has 10 nitrogen and oxygen atoms in total. The van der Waals surface area contributed by atoms with E-state index in [0.29, 0.717) is 11.5 Å². The summed E-state index contributed by atoms with van der Waals surface area (Å²) >= 11 is 0. The summed E-state index contributed by atoms with van der Waals surface area (Å²) in [5.41, 5.74) is 3.41. The average Bonchev–Trinajstić information content (AvgIpc) is 3.26. The largest absolute Gasteiger partial charge is 0.368 e. The summed E-state index contributed by atoms with van der Waals surface area (Å²) < 4.78 is 14.4. The molecule has 0 spiro atoms. The quantitative estimate of drug-likeness (QED) is 0.354. The number of anilines is 6. The van der Waals surface area contributed by atoms with Crippen LogP contribution in [0.1, 0.15) is 0 Å². The molecular formula is C22H25FN10. The molecule has 0 atom stereocenters. The van der Waals surface area contributed by atoms with E-state index in [1.807, 2.05) is 55.5 Å². The molecule has 0 aliphatic carbocycles. The van der Waals surface area contributed by atoms with E-state index in [0.717, 1.165) is 55.0 Å². The molecule has 1 fully saturated rings. The Balaban J connectivity index is 1.31. The zero-order valence-corrected chi connectivity index (χ0v) is 18.4. The Morgan fingerprint density at radius 2 is 1.85 bits per heavy atom. The first-order chi connectivity index (χ1) is 16.0. The number of hydrogen-bond acceptors (Lipinski definition) is 9. The van der Waals surface area contributed by atoms with Crippen molar-refractivity contribution in [2.75, 3.05) is 60.7 Å². The second-order valence-corrected chi connectivity index (χ2v) is 7.97. The third kappa shape index (κ3) is 4.62. The molecular weight excluding hydrogens is 423 g/mol. The molecule has 4 N–H and O–H groups in total. The maximum absolute atomic E-state index is 14.4. The van der Waals surface area contributed by atoms with Gasteiger partial charge in [-0.05, 0) is 30.3 Å². The predicted molar refractivity (Wildman–Crippen MR) is 128 cm³/mol. The second kappa shape index (κ2) is 8.87. The highest BCUT2D eigenvalue weighted by Crippen LogP contribution is 2.24. The SMILES string of the molecule is CN(C)c1nc2ccc(Nc3nc(Nc4ccc(N5CCNCC5)cn4)ncc3F)cc2[nH]1. The fourth-order valence-corrected chi connectivity index (χ4v) is 3.62. The van der Waals surface area contributed by atoms with Gasteiger partial charge in [0.1, 0.15) is 5.82 Å². The number of hydrogen-bond donors (Lipinski definition) is 4. The van der Waals surface area contributed by atoms with Crippen LogP contribution < -0.4 is 25.8 Å². The van der Waals surface area contributed by atoms with Crippen LogP contribution in [-0.4, -0.2) is 65.2 Å². The molecule has 4 aromatic rings. The number of fused-ring (bicyclic) bond motifs is 1. The minimum absolute atomic E-state index is 0.0663. The minimum Gasteiger partial charge on any atom is -0.368 e. The van der Waals surface area contributed by atoms with E-state index in [2.05, 4.69) is 45.8 Å². The van der Waals surface area contributed by atoms with Crippen LogP contribution in [0, 0.1) is 5.82 Å². The van der Waals surface area contributed by atoms with Gasteiger partial charge in [0.25, 0.3) is 0 Å². The van der Waals surface area contributed by atoms with Gasteiger partial charge in [0.2, 0.25) is 11.9 Å². The standard InChI is InChI=1S/C22H25FN10/c1-32(2)22-28-17-5-3-14(11-18(17)29-22)27-20-16(23)13-26-21(31-20)30-19-6-4-15(12-25-19)33-9-7-24-8-10-33/h3-6,11-13,24H,7-10H2,1-2H3,(H,28,29)(H2,25,26,27,30,31). The summed E-state index contributed by atoms with van der Waals surface area (Å²) in [5, 5.41) is 9.40. The number of imidazole rings is 1. The number of piperazine rings is 1. The van der Waals surface area contributed by atoms with Crippen LogP contribution in [0.5, 0.6) is 0 Å². The van der Waals surface area contributed by atoms with E-state index in [9.17, 15) is 4.39 Å². The monoisotopic (exact) mass is 448 g/mol. The molecule has 5 rings (SSSR count). The van der Waals surface area contributed by atoms with Gasteiger partial charge in [0, 0.05) is 46.0 Å². The summed E-state index contributed by atoms with van der Waals surface area (Å²) in [6, 6.07) is 9.42. The smallest absolute Gasteiger partial charge is 0.230 e. The van der Waals surface area contributed by atoms with Gasteiger partial charge >= 0.3 is 0 Å². The molecule has 0 bridgehead atoms. The molecule has 1 aliphatic rings. The molecule has 1 aromatic carbocycles. The highest BCUT2D eigenvalue weighted by Gasteiger charge is 2.12. The van der Waals surface area contributed by atoms with Crippen molar-refractivity contribution in [1.29, 1.82) is 0 Å². The lowest BCUT2D eigenvalue weighted by Crippen LogP contribution is -2.43. The molecule has 1 saturated heterocycles. The zero-order chi connectivity index (χ0) is 22.8. The van der Waals surface area contributed by atoms with Crippen molar-refractivity contribution in [2.45, 2.75) is 0 Å². The van der Waals surface area contributed by atoms with Crippen LogP contribution in [0.15, 0.2) is 42.7 Å². The number of aromatic amines is 1. The Morgan fingerprint density at radius 3 is 2.61 bits per heavy atom. The summed E-state index contributed by atoms with van der Waals surface area (Å²) in [5.74, 6) is 1.09.